The lowest BCUT2D eigenvalue weighted by Gasteiger charge is -2.06. The van der Waals surface area contributed by atoms with Gasteiger partial charge in [0, 0.05) is 28.7 Å². The van der Waals surface area contributed by atoms with Gasteiger partial charge < -0.3 is 11.1 Å². The van der Waals surface area contributed by atoms with Gasteiger partial charge in [-0.25, -0.2) is 4.39 Å². The molecule has 0 saturated heterocycles. The monoisotopic (exact) mass is 286 g/mol. The van der Waals surface area contributed by atoms with Crippen molar-refractivity contribution in [2.24, 2.45) is 5.73 Å². The molecule has 1 aromatic rings. The fourth-order valence-electron chi connectivity index (χ4n) is 1.20. The average Bonchev–Trinajstić information content (AvgIpc) is 2.20. The van der Waals surface area contributed by atoms with Gasteiger partial charge in [-0.15, -0.1) is 0 Å². The Balaban J connectivity index is 2.74. The molecule has 86 valence electrons. The Kier molecular flexibility index (Phi) is 4.64. The topological polar surface area (TPSA) is 55.1 Å². The summed E-state index contributed by atoms with van der Waals surface area (Å²) < 4.78 is 14.1. The first-order valence-corrected chi connectivity index (χ1v) is 5.42. The van der Waals surface area contributed by atoms with Gasteiger partial charge in [-0.2, -0.15) is 0 Å². The molecular weight excluding hydrogens is 275 g/mol. The molecule has 3 N–H and O–H groups in total. The molecular formula is C11H12BrFN2O. The van der Waals surface area contributed by atoms with E-state index in [2.05, 4.69) is 27.8 Å². The fourth-order valence-corrected chi connectivity index (χ4v) is 1.39. The van der Waals surface area contributed by atoms with Crippen LogP contribution < -0.4 is 11.1 Å². The largest absolute Gasteiger partial charge is 0.366 e. The van der Waals surface area contributed by atoms with Gasteiger partial charge in [-0.3, -0.25) is 4.79 Å². The Morgan fingerprint density at radius 1 is 1.56 bits per heavy atom. The van der Waals surface area contributed by atoms with Crippen molar-refractivity contribution in [1.82, 2.24) is 5.32 Å². The van der Waals surface area contributed by atoms with E-state index < -0.39 is 5.91 Å². The molecule has 0 unspecified atom stereocenters. The molecule has 16 heavy (non-hydrogen) atoms. The maximum atomic E-state index is 13.3. The van der Waals surface area contributed by atoms with Crippen molar-refractivity contribution in [3.05, 3.63) is 46.2 Å². The predicted octanol–water partition coefficient (Wildman–Crippen LogP) is 1.92. The molecule has 5 heteroatoms. The highest BCUT2D eigenvalue weighted by molar-refractivity contribution is 9.11. The third kappa shape index (κ3) is 3.75. The lowest BCUT2D eigenvalue weighted by molar-refractivity contribution is 0.1000. The van der Waals surface area contributed by atoms with Crippen molar-refractivity contribution in [2.75, 3.05) is 6.54 Å². The van der Waals surface area contributed by atoms with Crippen LogP contribution in [0, 0.1) is 5.82 Å². The van der Waals surface area contributed by atoms with Crippen LogP contribution in [0.2, 0.25) is 0 Å². The lowest BCUT2D eigenvalue weighted by Crippen LogP contribution is -2.17. The standard InChI is InChI=1S/C11H12BrFN2O/c1-7(12)5-15-6-9-4-8(11(14)16)2-3-10(9)13/h2-4,15H,1,5-6H2,(H2,14,16). The number of carbonyl (C=O) groups is 1. The first kappa shape index (κ1) is 12.9. The number of hydrogen-bond donors (Lipinski definition) is 2. The van der Waals surface area contributed by atoms with E-state index in [9.17, 15) is 9.18 Å². The molecule has 0 spiro atoms. The number of rotatable bonds is 5. The van der Waals surface area contributed by atoms with Gasteiger partial charge in [-0.1, -0.05) is 22.5 Å². The summed E-state index contributed by atoms with van der Waals surface area (Å²) in [5.74, 6) is -0.927. The van der Waals surface area contributed by atoms with Crippen molar-refractivity contribution in [3.63, 3.8) is 0 Å². The maximum Gasteiger partial charge on any atom is 0.248 e. The van der Waals surface area contributed by atoms with Crippen LogP contribution in [0.25, 0.3) is 0 Å². The van der Waals surface area contributed by atoms with E-state index in [1.54, 1.807) is 0 Å². The molecule has 0 aliphatic carbocycles. The van der Waals surface area contributed by atoms with Gasteiger partial charge in [0.05, 0.1) is 0 Å². The van der Waals surface area contributed by atoms with Gasteiger partial charge in [0.2, 0.25) is 5.91 Å². The van der Waals surface area contributed by atoms with Crippen LogP contribution in [-0.4, -0.2) is 12.5 Å². The highest BCUT2D eigenvalue weighted by atomic mass is 79.9. The molecule has 0 bridgehead atoms. The van der Waals surface area contributed by atoms with Crippen LogP contribution in [0.3, 0.4) is 0 Å². The van der Waals surface area contributed by atoms with Gasteiger partial charge in [0.25, 0.3) is 0 Å². The quantitative estimate of drug-likeness (QED) is 0.869. The van der Waals surface area contributed by atoms with E-state index in [0.29, 0.717) is 24.2 Å². The highest BCUT2D eigenvalue weighted by Gasteiger charge is 2.06. The Morgan fingerprint density at radius 3 is 2.81 bits per heavy atom. The van der Waals surface area contributed by atoms with E-state index in [-0.39, 0.29) is 5.82 Å². The van der Waals surface area contributed by atoms with Crippen molar-refractivity contribution < 1.29 is 9.18 Å². The second-order valence-electron chi connectivity index (χ2n) is 3.29. The smallest absolute Gasteiger partial charge is 0.248 e. The van der Waals surface area contributed by atoms with Crippen LogP contribution >= 0.6 is 15.9 Å². The van der Waals surface area contributed by atoms with Crippen molar-refractivity contribution >= 4 is 21.8 Å². The molecule has 0 atom stereocenters. The van der Waals surface area contributed by atoms with Crippen molar-refractivity contribution in [2.45, 2.75) is 6.54 Å². The number of primary amides is 1. The van der Waals surface area contributed by atoms with Gasteiger partial charge in [-0.05, 0) is 18.2 Å². The summed E-state index contributed by atoms with van der Waals surface area (Å²) in [6.45, 7) is 4.49. The minimum Gasteiger partial charge on any atom is -0.366 e. The maximum absolute atomic E-state index is 13.3. The summed E-state index contributed by atoms with van der Waals surface area (Å²) >= 11 is 3.18. The number of benzene rings is 1. The number of halogens is 2. The number of carbonyl (C=O) groups excluding carboxylic acids is 1. The average molecular weight is 287 g/mol. The minimum absolute atomic E-state index is 0.302. The molecule has 0 aromatic heterocycles. The number of hydrogen-bond acceptors (Lipinski definition) is 2. The van der Waals surface area contributed by atoms with E-state index >= 15 is 0 Å². The Labute approximate surface area is 102 Å². The minimum atomic E-state index is -0.564. The van der Waals surface area contributed by atoms with E-state index in [1.807, 2.05) is 0 Å². The zero-order valence-corrected chi connectivity index (χ0v) is 10.2. The van der Waals surface area contributed by atoms with Crippen LogP contribution in [-0.2, 0) is 6.54 Å². The lowest BCUT2D eigenvalue weighted by atomic mass is 10.1. The third-order valence-electron chi connectivity index (χ3n) is 1.96. The summed E-state index contributed by atoms with van der Waals surface area (Å²) in [7, 11) is 0. The molecule has 3 nitrogen and oxygen atoms in total. The first-order chi connectivity index (χ1) is 7.50. The predicted molar refractivity (Wildman–Crippen MR) is 64.7 cm³/mol. The summed E-state index contributed by atoms with van der Waals surface area (Å²) in [5, 5.41) is 2.97. The van der Waals surface area contributed by atoms with Crippen molar-refractivity contribution in [1.29, 1.82) is 0 Å². The SMILES string of the molecule is C=C(Br)CNCc1cc(C(N)=O)ccc1F. The molecule has 1 aromatic carbocycles. The Bertz CT molecular complexity index is 420. The Hall–Kier alpha value is -1.20. The van der Waals surface area contributed by atoms with Gasteiger partial charge >= 0.3 is 0 Å². The molecule has 0 fully saturated rings. The van der Waals surface area contributed by atoms with Crippen LogP contribution in [0.1, 0.15) is 15.9 Å². The van der Waals surface area contributed by atoms with Crippen LogP contribution in [0.15, 0.2) is 29.3 Å². The van der Waals surface area contributed by atoms with E-state index in [1.165, 1.54) is 18.2 Å². The highest BCUT2D eigenvalue weighted by Crippen LogP contribution is 2.10. The van der Waals surface area contributed by atoms with E-state index in [0.717, 1.165) is 4.48 Å². The zero-order valence-electron chi connectivity index (χ0n) is 8.59. The van der Waals surface area contributed by atoms with Crippen LogP contribution in [0.5, 0.6) is 0 Å². The molecule has 0 saturated carbocycles. The van der Waals surface area contributed by atoms with Gasteiger partial charge in [0.15, 0.2) is 0 Å². The first-order valence-electron chi connectivity index (χ1n) is 4.63. The molecule has 0 radical (unpaired) electrons. The molecule has 0 aliphatic rings. The summed E-state index contributed by atoms with van der Waals surface area (Å²) in [4.78, 5) is 10.9. The molecule has 1 rings (SSSR count). The van der Waals surface area contributed by atoms with Crippen molar-refractivity contribution in [3.8, 4) is 0 Å². The summed E-state index contributed by atoms with van der Waals surface area (Å²) in [5.41, 5.74) is 5.82. The van der Waals surface area contributed by atoms with Gasteiger partial charge in [0.1, 0.15) is 5.82 Å². The van der Waals surface area contributed by atoms with Crippen LogP contribution in [0.4, 0.5) is 4.39 Å². The second kappa shape index (κ2) is 5.77. The number of amides is 1. The zero-order chi connectivity index (χ0) is 12.1. The number of nitrogens with two attached hydrogens (primary N) is 1. The molecule has 0 heterocycles. The Morgan fingerprint density at radius 2 is 2.25 bits per heavy atom. The summed E-state index contributed by atoms with van der Waals surface area (Å²) in [6, 6.07) is 4.05. The van der Waals surface area contributed by atoms with E-state index in [4.69, 9.17) is 5.73 Å². The third-order valence-corrected chi connectivity index (χ3v) is 2.24. The normalized spacial score (nSPS) is 10.1. The second-order valence-corrected chi connectivity index (χ2v) is 4.41. The molecule has 1 amide bonds. The molecule has 0 aliphatic heterocycles. The summed E-state index contributed by atoms with van der Waals surface area (Å²) in [6.07, 6.45) is 0. The fraction of sp³-hybridized carbons (Fsp3) is 0.182. The number of nitrogens with one attached hydrogen (secondary N) is 1.